The third kappa shape index (κ3) is 1.78. The highest BCUT2D eigenvalue weighted by molar-refractivity contribution is 5.44. The molecule has 0 saturated heterocycles. The monoisotopic (exact) mass is 270 g/mol. The molecule has 20 heavy (non-hydrogen) atoms. The van der Waals surface area contributed by atoms with Crippen LogP contribution in [-0.4, -0.2) is 12.7 Å². The number of para-hydroxylation sites is 2. The third-order valence-electron chi connectivity index (χ3n) is 3.70. The van der Waals surface area contributed by atoms with Gasteiger partial charge in [0.1, 0.15) is 0 Å². The van der Waals surface area contributed by atoms with Crippen molar-refractivity contribution in [2.45, 2.75) is 25.2 Å². The second-order valence-electron chi connectivity index (χ2n) is 5.35. The standard InChI is InChI=1S/C17H18O3/c1-16(2)17(18-3,13-9-5-4-6-10-13)20-15-12-8-7-11-14(15)19-16/h4-12H,1-3H3. The zero-order chi connectivity index (χ0) is 14.2. The van der Waals surface area contributed by atoms with Crippen LogP contribution < -0.4 is 9.47 Å². The molecule has 3 rings (SSSR count). The Hall–Kier alpha value is -2.00. The van der Waals surface area contributed by atoms with Crippen LogP contribution in [0.5, 0.6) is 11.5 Å². The third-order valence-corrected chi connectivity index (χ3v) is 3.70. The summed E-state index contributed by atoms with van der Waals surface area (Å²) in [7, 11) is 1.64. The van der Waals surface area contributed by atoms with Crippen LogP contribution in [0.2, 0.25) is 0 Å². The number of hydrogen-bond acceptors (Lipinski definition) is 3. The molecule has 1 unspecified atom stereocenters. The first-order chi connectivity index (χ1) is 9.59. The average molecular weight is 270 g/mol. The van der Waals surface area contributed by atoms with E-state index in [1.54, 1.807) is 7.11 Å². The fraction of sp³-hybridized carbons (Fsp3) is 0.294. The zero-order valence-electron chi connectivity index (χ0n) is 11.9. The number of rotatable bonds is 2. The first kappa shape index (κ1) is 13.0. The summed E-state index contributed by atoms with van der Waals surface area (Å²) in [5.41, 5.74) is 0.277. The molecule has 0 radical (unpaired) electrons. The lowest BCUT2D eigenvalue weighted by Gasteiger charge is -2.48. The van der Waals surface area contributed by atoms with Gasteiger partial charge >= 0.3 is 0 Å². The van der Waals surface area contributed by atoms with E-state index < -0.39 is 11.4 Å². The number of hydrogen-bond donors (Lipinski definition) is 0. The van der Waals surface area contributed by atoms with Crippen molar-refractivity contribution < 1.29 is 14.2 Å². The fourth-order valence-corrected chi connectivity index (χ4v) is 2.71. The Kier molecular flexibility index (Phi) is 2.94. The van der Waals surface area contributed by atoms with E-state index in [1.807, 2.05) is 68.4 Å². The van der Waals surface area contributed by atoms with Crippen molar-refractivity contribution in [3.8, 4) is 11.5 Å². The smallest absolute Gasteiger partial charge is 0.276 e. The van der Waals surface area contributed by atoms with Crippen LogP contribution in [0.1, 0.15) is 19.4 Å². The maximum absolute atomic E-state index is 6.22. The van der Waals surface area contributed by atoms with E-state index in [4.69, 9.17) is 14.2 Å². The van der Waals surface area contributed by atoms with Gasteiger partial charge < -0.3 is 14.2 Å². The van der Waals surface area contributed by atoms with Gasteiger partial charge in [0.05, 0.1) is 0 Å². The molecule has 2 aromatic carbocycles. The van der Waals surface area contributed by atoms with Gasteiger partial charge in [-0.2, -0.15) is 0 Å². The molecule has 1 aliphatic heterocycles. The molecule has 1 heterocycles. The van der Waals surface area contributed by atoms with Crippen LogP contribution >= 0.6 is 0 Å². The molecule has 0 saturated carbocycles. The van der Waals surface area contributed by atoms with Crippen LogP contribution in [0.25, 0.3) is 0 Å². The normalized spacial score (nSPS) is 23.4. The molecule has 1 atom stereocenters. The maximum Gasteiger partial charge on any atom is 0.276 e. The number of methoxy groups -OCH3 is 1. The summed E-state index contributed by atoms with van der Waals surface area (Å²) in [4.78, 5) is 0. The molecule has 104 valence electrons. The first-order valence-electron chi connectivity index (χ1n) is 6.67. The van der Waals surface area contributed by atoms with Crippen molar-refractivity contribution in [3.05, 3.63) is 60.2 Å². The van der Waals surface area contributed by atoms with E-state index in [9.17, 15) is 0 Å². The topological polar surface area (TPSA) is 27.7 Å². The van der Waals surface area contributed by atoms with Crippen LogP contribution in [-0.2, 0) is 10.5 Å². The van der Waals surface area contributed by atoms with Gasteiger partial charge in [0, 0.05) is 12.7 Å². The van der Waals surface area contributed by atoms with Gasteiger partial charge in [-0.1, -0.05) is 42.5 Å². The zero-order valence-corrected chi connectivity index (χ0v) is 11.9. The Bertz CT molecular complexity index is 607. The predicted octanol–water partition coefficient (Wildman–Crippen LogP) is 3.74. The quantitative estimate of drug-likeness (QED) is 0.832. The van der Waals surface area contributed by atoms with Crippen LogP contribution in [0, 0.1) is 0 Å². The van der Waals surface area contributed by atoms with Crippen molar-refractivity contribution >= 4 is 0 Å². The molecule has 0 N–H and O–H groups in total. The van der Waals surface area contributed by atoms with Gasteiger partial charge in [-0.25, -0.2) is 0 Å². The molecule has 0 aromatic heterocycles. The molecule has 3 nitrogen and oxygen atoms in total. The Morgan fingerprint density at radius 3 is 1.95 bits per heavy atom. The van der Waals surface area contributed by atoms with Gasteiger partial charge in [-0.3, -0.25) is 0 Å². The second kappa shape index (κ2) is 4.53. The minimum absolute atomic E-state index is 0.655. The molecule has 2 aromatic rings. The van der Waals surface area contributed by atoms with Crippen LogP contribution in [0.3, 0.4) is 0 Å². The van der Waals surface area contributed by atoms with E-state index in [2.05, 4.69) is 0 Å². The van der Waals surface area contributed by atoms with Crippen LogP contribution in [0.4, 0.5) is 0 Å². The van der Waals surface area contributed by atoms with Gasteiger partial charge in [0.15, 0.2) is 17.1 Å². The lowest BCUT2D eigenvalue weighted by Crippen LogP contribution is -2.58. The fourth-order valence-electron chi connectivity index (χ4n) is 2.71. The van der Waals surface area contributed by atoms with Crippen molar-refractivity contribution in [3.63, 3.8) is 0 Å². The summed E-state index contributed by atoms with van der Waals surface area (Å²) in [6.07, 6.45) is 0. The van der Waals surface area contributed by atoms with Gasteiger partial charge in [-0.05, 0) is 26.0 Å². The van der Waals surface area contributed by atoms with E-state index in [0.717, 1.165) is 11.3 Å². The van der Waals surface area contributed by atoms with Gasteiger partial charge in [-0.15, -0.1) is 0 Å². The molecule has 0 amide bonds. The molecule has 3 heteroatoms. The highest BCUT2D eigenvalue weighted by Crippen LogP contribution is 2.48. The maximum atomic E-state index is 6.22. The molecule has 0 spiro atoms. The number of ether oxygens (including phenoxy) is 3. The summed E-state index contributed by atoms with van der Waals surface area (Å²) >= 11 is 0. The minimum Gasteiger partial charge on any atom is -0.477 e. The van der Waals surface area contributed by atoms with Crippen molar-refractivity contribution in [1.82, 2.24) is 0 Å². The molecular formula is C17H18O3. The van der Waals surface area contributed by atoms with E-state index in [0.29, 0.717) is 5.75 Å². The summed E-state index contributed by atoms with van der Waals surface area (Å²) in [5, 5.41) is 0. The largest absolute Gasteiger partial charge is 0.477 e. The Morgan fingerprint density at radius 2 is 1.35 bits per heavy atom. The molecule has 0 aliphatic carbocycles. The lowest BCUT2D eigenvalue weighted by atomic mass is 9.88. The van der Waals surface area contributed by atoms with Crippen LogP contribution in [0.15, 0.2) is 54.6 Å². The van der Waals surface area contributed by atoms with E-state index in [-0.39, 0.29) is 0 Å². The van der Waals surface area contributed by atoms with E-state index >= 15 is 0 Å². The number of fused-ring (bicyclic) bond motifs is 1. The average Bonchev–Trinajstić information content (AvgIpc) is 2.46. The lowest BCUT2D eigenvalue weighted by molar-refractivity contribution is -0.275. The van der Waals surface area contributed by atoms with Crippen molar-refractivity contribution in [2.24, 2.45) is 0 Å². The minimum atomic E-state index is -0.970. The Morgan fingerprint density at radius 1 is 0.800 bits per heavy atom. The summed E-state index contributed by atoms with van der Waals surface area (Å²) in [6.45, 7) is 3.94. The molecular weight excluding hydrogens is 252 g/mol. The molecule has 0 bridgehead atoms. The van der Waals surface area contributed by atoms with Crippen molar-refractivity contribution in [1.29, 1.82) is 0 Å². The van der Waals surface area contributed by atoms with Gasteiger partial charge in [0.2, 0.25) is 0 Å². The molecule has 1 aliphatic rings. The Balaban J connectivity index is 2.16. The van der Waals surface area contributed by atoms with Crippen molar-refractivity contribution in [2.75, 3.05) is 7.11 Å². The number of benzene rings is 2. The van der Waals surface area contributed by atoms with E-state index in [1.165, 1.54) is 0 Å². The highest BCUT2D eigenvalue weighted by Gasteiger charge is 2.55. The summed E-state index contributed by atoms with van der Waals surface area (Å²) < 4.78 is 18.1. The summed E-state index contributed by atoms with van der Waals surface area (Å²) in [5.74, 6) is 0.460. The highest BCUT2D eigenvalue weighted by atomic mass is 16.7. The second-order valence-corrected chi connectivity index (χ2v) is 5.35. The first-order valence-corrected chi connectivity index (χ1v) is 6.67. The molecule has 0 fully saturated rings. The van der Waals surface area contributed by atoms with Gasteiger partial charge in [0.25, 0.3) is 5.79 Å². The Labute approximate surface area is 119 Å². The predicted molar refractivity (Wildman–Crippen MR) is 76.9 cm³/mol. The summed E-state index contributed by atoms with van der Waals surface area (Å²) in [6, 6.07) is 17.5. The SMILES string of the molecule is COC1(c2ccccc2)Oc2ccccc2OC1(C)C.